The van der Waals surface area contributed by atoms with Crippen molar-refractivity contribution in [2.75, 3.05) is 39.3 Å². The molecule has 0 saturated carbocycles. The van der Waals surface area contributed by atoms with Crippen molar-refractivity contribution in [3.8, 4) is 0 Å². The fourth-order valence-corrected chi connectivity index (χ4v) is 3.16. The zero-order valence-electron chi connectivity index (χ0n) is 16.3. The lowest BCUT2D eigenvalue weighted by Gasteiger charge is -2.35. The van der Waals surface area contributed by atoms with Gasteiger partial charge in [-0.25, -0.2) is 0 Å². The molecule has 0 aliphatic carbocycles. The van der Waals surface area contributed by atoms with Crippen LogP contribution >= 0.6 is 0 Å². The third kappa shape index (κ3) is 7.33. The molecule has 0 radical (unpaired) electrons. The van der Waals surface area contributed by atoms with E-state index in [4.69, 9.17) is 4.74 Å². The molecule has 0 spiro atoms. The van der Waals surface area contributed by atoms with E-state index < -0.39 is 0 Å². The third-order valence-corrected chi connectivity index (χ3v) is 4.48. The standard InChI is InChI=1S/C21H36N2O/c1-18(2)16-19-6-8-20(9-7-19)17-23-12-10-22(11-13-23)14-15-24-21(3,4)5/h6-9,18H,10-17H2,1-5H3. The van der Waals surface area contributed by atoms with Crippen molar-refractivity contribution in [2.24, 2.45) is 5.92 Å². The van der Waals surface area contributed by atoms with Crippen molar-refractivity contribution in [3.05, 3.63) is 35.4 Å². The lowest BCUT2D eigenvalue weighted by Crippen LogP contribution is -2.47. The molecule has 1 heterocycles. The Balaban J connectivity index is 1.69. The number of piperazine rings is 1. The van der Waals surface area contributed by atoms with E-state index in [-0.39, 0.29) is 5.60 Å². The van der Waals surface area contributed by atoms with Crippen LogP contribution in [0, 0.1) is 5.92 Å². The Morgan fingerprint density at radius 1 is 0.917 bits per heavy atom. The Morgan fingerprint density at radius 2 is 1.46 bits per heavy atom. The average Bonchev–Trinajstić information content (AvgIpc) is 2.49. The van der Waals surface area contributed by atoms with Crippen LogP contribution in [0.3, 0.4) is 0 Å². The predicted octanol–water partition coefficient (Wildman–Crippen LogP) is 3.82. The minimum Gasteiger partial charge on any atom is -0.375 e. The van der Waals surface area contributed by atoms with Gasteiger partial charge in [-0.1, -0.05) is 38.1 Å². The van der Waals surface area contributed by atoms with E-state index >= 15 is 0 Å². The van der Waals surface area contributed by atoms with Gasteiger partial charge >= 0.3 is 0 Å². The Bertz CT molecular complexity index is 468. The smallest absolute Gasteiger partial charge is 0.0600 e. The minimum absolute atomic E-state index is 0.0243. The topological polar surface area (TPSA) is 15.7 Å². The average molecular weight is 333 g/mol. The summed E-state index contributed by atoms with van der Waals surface area (Å²) in [5, 5.41) is 0. The van der Waals surface area contributed by atoms with Gasteiger partial charge in [0.1, 0.15) is 0 Å². The van der Waals surface area contributed by atoms with Gasteiger partial charge in [0.15, 0.2) is 0 Å². The number of hydrogen-bond donors (Lipinski definition) is 0. The van der Waals surface area contributed by atoms with Gasteiger partial charge in [-0.05, 0) is 44.2 Å². The first-order valence-corrected chi connectivity index (χ1v) is 9.48. The Labute approximate surface area is 149 Å². The van der Waals surface area contributed by atoms with Crippen molar-refractivity contribution >= 4 is 0 Å². The van der Waals surface area contributed by atoms with E-state index in [9.17, 15) is 0 Å². The van der Waals surface area contributed by atoms with Crippen molar-refractivity contribution in [1.29, 1.82) is 0 Å². The summed E-state index contributed by atoms with van der Waals surface area (Å²) in [5.74, 6) is 0.728. The second-order valence-corrected chi connectivity index (χ2v) is 8.49. The predicted molar refractivity (Wildman–Crippen MR) is 102 cm³/mol. The molecule has 1 fully saturated rings. The molecular formula is C21H36N2O. The first kappa shape index (κ1) is 19.4. The van der Waals surface area contributed by atoms with Gasteiger partial charge in [-0.15, -0.1) is 0 Å². The quantitative estimate of drug-likeness (QED) is 0.755. The van der Waals surface area contributed by atoms with Crippen LogP contribution in [0.4, 0.5) is 0 Å². The number of rotatable bonds is 7. The van der Waals surface area contributed by atoms with Crippen molar-refractivity contribution < 1.29 is 4.74 Å². The van der Waals surface area contributed by atoms with Gasteiger partial charge in [0.05, 0.1) is 12.2 Å². The maximum atomic E-state index is 5.84. The molecule has 3 nitrogen and oxygen atoms in total. The van der Waals surface area contributed by atoms with Gasteiger partial charge in [0.25, 0.3) is 0 Å². The van der Waals surface area contributed by atoms with Gasteiger partial charge < -0.3 is 4.74 Å². The van der Waals surface area contributed by atoms with Crippen molar-refractivity contribution in [1.82, 2.24) is 9.80 Å². The molecule has 1 aliphatic rings. The van der Waals surface area contributed by atoms with Gasteiger partial charge in [-0.3, -0.25) is 9.80 Å². The number of ether oxygens (including phenoxy) is 1. The highest BCUT2D eigenvalue weighted by molar-refractivity contribution is 5.22. The lowest BCUT2D eigenvalue weighted by atomic mass is 10.0. The van der Waals surface area contributed by atoms with E-state index in [1.165, 1.54) is 17.5 Å². The third-order valence-electron chi connectivity index (χ3n) is 4.48. The maximum absolute atomic E-state index is 5.84. The van der Waals surface area contributed by atoms with Crippen LogP contribution in [0.1, 0.15) is 45.7 Å². The molecule has 136 valence electrons. The van der Waals surface area contributed by atoms with Crippen LogP contribution in [0.2, 0.25) is 0 Å². The van der Waals surface area contributed by atoms with Gasteiger partial charge in [0, 0.05) is 39.3 Å². The Hall–Kier alpha value is -0.900. The van der Waals surface area contributed by atoms with Crippen LogP contribution in [-0.4, -0.2) is 54.7 Å². The molecule has 24 heavy (non-hydrogen) atoms. The van der Waals surface area contributed by atoms with Crippen LogP contribution in [0.25, 0.3) is 0 Å². The Kier molecular flexibility index (Phi) is 7.27. The SMILES string of the molecule is CC(C)Cc1ccc(CN2CCN(CCOC(C)(C)C)CC2)cc1. The summed E-state index contributed by atoms with van der Waals surface area (Å²) in [4.78, 5) is 5.09. The van der Waals surface area contributed by atoms with E-state index in [0.29, 0.717) is 0 Å². The molecule has 0 unspecified atom stereocenters. The monoisotopic (exact) mass is 332 g/mol. The molecule has 1 saturated heterocycles. The highest BCUT2D eigenvalue weighted by Crippen LogP contribution is 2.13. The van der Waals surface area contributed by atoms with E-state index in [0.717, 1.165) is 51.8 Å². The molecule has 0 atom stereocenters. The van der Waals surface area contributed by atoms with E-state index in [1.54, 1.807) is 0 Å². The largest absolute Gasteiger partial charge is 0.375 e. The zero-order valence-corrected chi connectivity index (χ0v) is 16.3. The second kappa shape index (κ2) is 8.98. The lowest BCUT2D eigenvalue weighted by molar-refractivity contribution is -0.0180. The molecule has 1 aliphatic heterocycles. The highest BCUT2D eigenvalue weighted by atomic mass is 16.5. The van der Waals surface area contributed by atoms with Crippen molar-refractivity contribution in [3.63, 3.8) is 0 Å². The molecule has 3 heteroatoms. The summed E-state index contributed by atoms with van der Waals surface area (Å²) in [6, 6.07) is 9.22. The van der Waals surface area contributed by atoms with Crippen LogP contribution in [-0.2, 0) is 17.7 Å². The first-order valence-electron chi connectivity index (χ1n) is 9.48. The maximum Gasteiger partial charge on any atom is 0.0600 e. The van der Waals surface area contributed by atoms with Crippen LogP contribution in [0.15, 0.2) is 24.3 Å². The fourth-order valence-electron chi connectivity index (χ4n) is 3.16. The molecule has 0 bridgehead atoms. The molecule has 0 amide bonds. The zero-order chi connectivity index (χ0) is 17.6. The van der Waals surface area contributed by atoms with Gasteiger partial charge in [-0.2, -0.15) is 0 Å². The van der Waals surface area contributed by atoms with E-state index in [1.807, 2.05) is 0 Å². The molecule has 0 aromatic heterocycles. The minimum atomic E-state index is -0.0243. The number of hydrogen-bond acceptors (Lipinski definition) is 3. The van der Waals surface area contributed by atoms with Crippen LogP contribution in [0.5, 0.6) is 0 Å². The first-order chi connectivity index (χ1) is 11.3. The molecule has 1 aromatic carbocycles. The summed E-state index contributed by atoms with van der Waals surface area (Å²) in [6.45, 7) is 18.5. The van der Waals surface area contributed by atoms with E-state index in [2.05, 4.69) is 68.7 Å². The summed E-state index contributed by atoms with van der Waals surface area (Å²) < 4.78 is 5.84. The van der Waals surface area contributed by atoms with Crippen LogP contribution < -0.4 is 0 Å². The summed E-state index contributed by atoms with van der Waals surface area (Å²) in [6.07, 6.45) is 1.18. The molecule has 2 rings (SSSR count). The summed E-state index contributed by atoms with van der Waals surface area (Å²) in [5.41, 5.74) is 2.87. The number of benzene rings is 1. The normalized spacial score (nSPS) is 17.6. The summed E-state index contributed by atoms with van der Waals surface area (Å²) in [7, 11) is 0. The summed E-state index contributed by atoms with van der Waals surface area (Å²) >= 11 is 0. The number of nitrogens with zero attached hydrogens (tertiary/aromatic N) is 2. The van der Waals surface area contributed by atoms with Crippen molar-refractivity contribution in [2.45, 2.75) is 53.2 Å². The van der Waals surface area contributed by atoms with Gasteiger partial charge in [0.2, 0.25) is 0 Å². The fraction of sp³-hybridized carbons (Fsp3) is 0.714. The Morgan fingerprint density at radius 3 is 2.00 bits per heavy atom. The molecule has 1 aromatic rings. The highest BCUT2D eigenvalue weighted by Gasteiger charge is 2.18. The molecular weight excluding hydrogens is 296 g/mol. The second-order valence-electron chi connectivity index (χ2n) is 8.49. The molecule has 0 N–H and O–H groups in total.